The number of hydrogen-bond acceptors (Lipinski definition) is 4. The van der Waals surface area contributed by atoms with Crippen molar-refractivity contribution in [3.63, 3.8) is 0 Å². The molecule has 0 saturated carbocycles. The summed E-state index contributed by atoms with van der Waals surface area (Å²) in [7, 11) is -2.39. The van der Waals surface area contributed by atoms with Crippen LogP contribution in [0.3, 0.4) is 0 Å². The van der Waals surface area contributed by atoms with Gasteiger partial charge in [-0.2, -0.15) is 0 Å². The fourth-order valence-electron chi connectivity index (χ4n) is 4.06. The van der Waals surface area contributed by atoms with Crippen LogP contribution in [0.15, 0.2) is 79.1 Å². The Kier molecular flexibility index (Phi) is 5.18. The smallest absolute Gasteiger partial charge is 0.133 e. The second-order valence-corrected chi connectivity index (χ2v) is 10.2. The van der Waals surface area contributed by atoms with Crippen LogP contribution in [0.5, 0.6) is 0 Å². The number of rotatable bonds is 5. The number of fused-ring (bicyclic) bond motifs is 2. The van der Waals surface area contributed by atoms with Gasteiger partial charge in [-0.1, -0.05) is 48.5 Å². The van der Waals surface area contributed by atoms with Gasteiger partial charge in [-0.15, -0.1) is 0 Å². The second-order valence-electron chi connectivity index (χ2n) is 7.85. The van der Waals surface area contributed by atoms with E-state index in [1.807, 2.05) is 65.1 Å². The van der Waals surface area contributed by atoms with E-state index in [9.17, 15) is 4.21 Å². The van der Waals surface area contributed by atoms with Crippen molar-refractivity contribution in [3.8, 4) is 0 Å². The minimum absolute atomic E-state index is 0.460. The monoisotopic (exact) mass is 428 g/mol. The predicted molar refractivity (Wildman–Crippen MR) is 129 cm³/mol. The standard InChI is InChI=1S/C25H24N4OS/c1-31(30,18-19-7-3-2-4-8-19)29-14-12-23-21(17-29)11-13-26-25(23)28-22-15-20-9-5-6-10-24(20)27-16-22/h2-11,13,15-16H,1,12,14,17-18H2,(H,26,28). The number of pyridine rings is 2. The van der Waals surface area contributed by atoms with Gasteiger partial charge in [-0.25, -0.2) is 9.29 Å². The average Bonchev–Trinajstić information content (AvgIpc) is 2.79. The van der Waals surface area contributed by atoms with E-state index in [4.69, 9.17) is 0 Å². The normalized spacial score (nSPS) is 15.9. The van der Waals surface area contributed by atoms with Crippen molar-refractivity contribution in [3.05, 3.63) is 95.8 Å². The molecule has 0 radical (unpaired) electrons. The third-order valence-corrected chi connectivity index (χ3v) is 7.71. The summed E-state index contributed by atoms with van der Waals surface area (Å²) in [6.45, 7) is 1.30. The molecule has 4 aromatic rings. The van der Waals surface area contributed by atoms with Gasteiger partial charge in [0.2, 0.25) is 0 Å². The molecule has 6 heteroatoms. The topological polar surface area (TPSA) is 58.1 Å². The molecule has 5 nitrogen and oxygen atoms in total. The van der Waals surface area contributed by atoms with E-state index in [1.54, 1.807) is 6.20 Å². The highest BCUT2D eigenvalue weighted by Crippen LogP contribution is 2.29. The van der Waals surface area contributed by atoms with Gasteiger partial charge in [0.1, 0.15) is 5.82 Å². The van der Waals surface area contributed by atoms with Gasteiger partial charge in [0.25, 0.3) is 0 Å². The summed E-state index contributed by atoms with van der Waals surface area (Å²) < 4.78 is 15.4. The summed E-state index contributed by atoms with van der Waals surface area (Å²) in [5, 5.41) is 4.52. The van der Waals surface area contributed by atoms with Gasteiger partial charge in [0, 0.05) is 39.9 Å². The zero-order valence-electron chi connectivity index (χ0n) is 17.2. The lowest BCUT2D eigenvalue weighted by atomic mass is 10.0. The van der Waals surface area contributed by atoms with E-state index < -0.39 is 9.71 Å². The number of benzene rings is 2. The summed E-state index contributed by atoms with van der Waals surface area (Å²) in [5.41, 5.74) is 5.24. The Bertz CT molecular complexity index is 1340. The van der Waals surface area contributed by atoms with Crippen molar-refractivity contribution >= 4 is 38.0 Å². The first kappa shape index (κ1) is 19.7. The van der Waals surface area contributed by atoms with Gasteiger partial charge in [0.15, 0.2) is 0 Å². The second kappa shape index (κ2) is 8.13. The van der Waals surface area contributed by atoms with Crippen LogP contribution in [0.25, 0.3) is 10.9 Å². The number of anilines is 2. The van der Waals surface area contributed by atoms with Crippen LogP contribution in [-0.4, -0.2) is 30.9 Å². The Morgan fingerprint density at radius 1 is 1.03 bits per heavy atom. The van der Waals surface area contributed by atoms with Gasteiger partial charge in [0.05, 0.1) is 23.2 Å². The Morgan fingerprint density at radius 2 is 1.84 bits per heavy atom. The summed E-state index contributed by atoms with van der Waals surface area (Å²) in [6.07, 6.45) is 4.41. The maximum atomic E-state index is 13.4. The first-order chi connectivity index (χ1) is 15.1. The maximum Gasteiger partial charge on any atom is 0.133 e. The highest BCUT2D eigenvalue weighted by atomic mass is 32.2. The summed E-state index contributed by atoms with van der Waals surface area (Å²) >= 11 is 0. The number of nitrogens with one attached hydrogen (secondary N) is 1. The van der Waals surface area contributed by atoms with E-state index in [0.29, 0.717) is 18.8 Å². The lowest BCUT2D eigenvalue weighted by molar-refractivity contribution is 0.418. The van der Waals surface area contributed by atoms with Gasteiger partial charge < -0.3 is 5.32 Å². The molecule has 1 atom stereocenters. The van der Waals surface area contributed by atoms with Crippen LogP contribution in [0, 0.1) is 0 Å². The van der Waals surface area contributed by atoms with Crippen LogP contribution < -0.4 is 5.32 Å². The molecule has 31 heavy (non-hydrogen) atoms. The molecule has 0 aliphatic carbocycles. The van der Waals surface area contributed by atoms with E-state index in [-0.39, 0.29) is 0 Å². The van der Waals surface area contributed by atoms with Crippen molar-refractivity contribution in [2.24, 2.45) is 0 Å². The van der Waals surface area contributed by atoms with Crippen LogP contribution >= 0.6 is 0 Å². The highest BCUT2D eigenvalue weighted by molar-refractivity contribution is 7.97. The third kappa shape index (κ3) is 4.17. The first-order valence-corrected chi connectivity index (χ1v) is 12.2. The van der Waals surface area contributed by atoms with E-state index in [0.717, 1.165) is 40.0 Å². The summed E-state index contributed by atoms with van der Waals surface area (Å²) in [4.78, 5) is 9.11. The first-order valence-electron chi connectivity index (χ1n) is 10.3. The van der Waals surface area contributed by atoms with Crippen LogP contribution in [0.1, 0.15) is 16.7 Å². The molecule has 0 spiro atoms. The van der Waals surface area contributed by atoms with Crippen LogP contribution in [-0.2, 0) is 28.4 Å². The molecule has 0 fully saturated rings. The lowest BCUT2D eigenvalue weighted by Gasteiger charge is -2.32. The zero-order chi connectivity index (χ0) is 21.3. The number of nitrogens with zero attached hydrogens (tertiary/aromatic N) is 3. The van der Waals surface area contributed by atoms with E-state index >= 15 is 0 Å². The Morgan fingerprint density at radius 3 is 2.71 bits per heavy atom. The average molecular weight is 429 g/mol. The molecule has 1 unspecified atom stereocenters. The Hall–Kier alpha value is -3.22. The predicted octanol–water partition coefficient (Wildman–Crippen LogP) is 4.56. The molecule has 1 aliphatic rings. The number of hydrogen-bond donors (Lipinski definition) is 1. The Labute approximate surface area is 182 Å². The molecule has 1 N–H and O–H groups in total. The van der Waals surface area contributed by atoms with E-state index in [1.165, 1.54) is 5.56 Å². The minimum atomic E-state index is -2.39. The fourth-order valence-corrected chi connectivity index (χ4v) is 5.75. The number of aromatic nitrogens is 2. The van der Waals surface area contributed by atoms with Gasteiger partial charge >= 0.3 is 0 Å². The molecular weight excluding hydrogens is 404 g/mol. The number of para-hydroxylation sites is 1. The van der Waals surface area contributed by atoms with E-state index in [2.05, 4.69) is 33.3 Å². The van der Waals surface area contributed by atoms with Gasteiger partial charge in [-0.3, -0.25) is 9.19 Å². The minimum Gasteiger partial charge on any atom is -0.339 e. The highest BCUT2D eigenvalue weighted by Gasteiger charge is 2.25. The van der Waals surface area contributed by atoms with Crippen molar-refractivity contribution in [1.82, 2.24) is 14.3 Å². The van der Waals surface area contributed by atoms with Crippen molar-refractivity contribution in [1.29, 1.82) is 0 Å². The van der Waals surface area contributed by atoms with Gasteiger partial charge in [-0.05, 0) is 41.6 Å². The molecule has 156 valence electrons. The van der Waals surface area contributed by atoms with Crippen molar-refractivity contribution in [2.75, 3.05) is 11.9 Å². The largest absolute Gasteiger partial charge is 0.339 e. The molecular formula is C25H24N4OS. The van der Waals surface area contributed by atoms with Crippen molar-refractivity contribution in [2.45, 2.75) is 18.7 Å². The molecule has 2 aromatic heterocycles. The van der Waals surface area contributed by atoms with Crippen molar-refractivity contribution < 1.29 is 4.21 Å². The molecule has 1 aliphatic heterocycles. The molecule has 3 heterocycles. The molecule has 0 bridgehead atoms. The molecule has 0 amide bonds. The van der Waals surface area contributed by atoms with Crippen LogP contribution in [0.4, 0.5) is 11.5 Å². The molecule has 5 rings (SSSR count). The third-order valence-electron chi connectivity index (χ3n) is 5.67. The van der Waals surface area contributed by atoms with Crippen LogP contribution in [0.2, 0.25) is 0 Å². The maximum absolute atomic E-state index is 13.4. The summed E-state index contributed by atoms with van der Waals surface area (Å²) in [6, 6.07) is 22.1. The SMILES string of the molecule is C=S(=O)(Cc1ccccc1)N1CCc2c(ccnc2Nc2cnc3ccccc3c2)C1. The Balaban J connectivity index is 1.37. The quantitative estimate of drug-likeness (QED) is 0.473. The fraction of sp³-hybridized carbons (Fsp3) is 0.160. The lowest BCUT2D eigenvalue weighted by Crippen LogP contribution is -2.37. The molecule has 0 saturated heterocycles. The molecule has 2 aromatic carbocycles. The summed E-state index contributed by atoms with van der Waals surface area (Å²) in [5.74, 6) is 5.40. The zero-order valence-corrected chi connectivity index (χ0v) is 18.0.